The van der Waals surface area contributed by atoms with Gasteiger partial charge in [-0.3, -0.25) is 9.59 Å². The molecule has 8 heteroatoms. The number of primary amides is 1. The van der Waals surface area contributed by atoms with E-state index in [1.54, 1.807) is 4.57 Å². The number of carbonyl (C=O) groups excluding carboxylic acids is 2. The number of aromatic nitrogens is 3. The number of rotatable bonds is 9. The van der Waals surface area contributed by atoms with Crippen LogP contribution >= 0.6 is 11.8 Å². The summed E-state index contributed by atoms with van der Waals surface area (Å²) >= 11 is 1.31. The Labute approximate surface area is 157 Å². The molecule has 0 saturated heterocycles. The molecule has 140 valence electrons. The standard InChI is InChI=1S/C18H25N5O2S/c1-4-12(2)13-7-5-6-8-14(13)20-17(25)11-26-18-22-21-16(23(18)3)10-9-15(19)24/h5-8,12H,4,9-11H2,1-3H3,(H2,19,24)(H,20,25)/t12-/m1/s1. The Kier molecular flexibility index (Phi) is 7.20. The van der Waals surface area contributed by atoms with Crippen molar-refractivity contribution in [2.45, 2.75) is 44.2 Å². The minimum absolute atomic E-state index is 0.0903. The van der Waals surface area contributed by atoms with Gasteiger partial charge in [-0.2, -0.15) is 0 Å². The number of carbonyl (C=O) groups is 2. The molecule has 1 atom stereocenters. The van der Waals surface area contributed by atoms with Crippen molar-refractivity contribution in [1.82, 2.24) is 14.8 Å². The number of hydrogen-bond acceptors (Lipinski definition) is 5. The summed E-state index contributed by atoms with van der Waals surface area (Å²) in [5.74, 6) is 0.824. The van der Waals surface area contributed by atoms with Gasteiger partial charge in [-0.05, 0) is 24.0 Å². The molecular formula is C18H25N5O2S. The van der Waals surface area contributed by atoms with Crippen molar-refractivity contribution in [2.24, 2.45) is 12.8 Å². The van der Waals surface area contributed by atoms with E-state index in [-0.39, 0.29) is 24.0 Å². The van der Waals surface area contributed by atoms with E-state index in [0.29, 0.717) is 23.3 Å². The second-order valence-corrected chi connectivity index (χ2v) is 7.10. The highest BCUT2D eigenvalue weighted by Crippen LogP contribution is 2.27. The van der Waals surface area contributed by atoms with Crippen LogP contribution in [0.4, 0.5) is 5.69 Å². The Hall–Kier alpha value is -2.35. The van der Waals surface area contributed by atoms with Crippen LogP contribution in [0, 0.1) is 0 Å². The van der Waals surface area contributed by atoms with Crippen molar-refractivity contribution in [1.29, 1.82) is 0 Å². The van der Waals surface area contributed by atoms with Crippen molar-refractivity contribution >= 4 is 29.3 Å². The van der Waals surface area contributed by atoms with Crippen LogP contribution < -0.4 is 11.1 Å². The second kappa shape index (κ2) is 9.38. The summed E-state index contributed by atoms with van der Waals surface area (Å²) in [6.07, 6.45) is 1.67. The van der Waals surface area contributed by atoms with Crippen molar-refractivity contribution in [2.75, 3.05) is 11.1 Å². The fourth-order valence-corrected chi connectivity index (χ4v) is 3.23. The largest absolute Gasteiger partial charge is 0.370 e. The second-order valence-electron chi connectivity index (χ2n) is 6.16. The summed E-state index contributed by atoms with van der Waals surface area (Å²) in [5, 5.41) is 11.7. The van der Waals surface area contributed by atoms with E-state index in [2.05, 4.69) is 29.4 Å². The van der Waals surface area contributed by atoms with Crippen LogP contribution in [-0.2, 0) is 23.1 Å². The summed E-state index contributed by atoms with van der Waals surface area (Å²) in [4.78, 5) is 23.2. The number of nitrogens with one attached hydrogen (secondary N) is 1. The lowest BCUT2D eigenvalue weighted by atomic mass is 9.97. The van der Waals surface area contributed by atoms with Gasteiger partial charge in [-0.25, -0.2) is 0 Å². The molecule has 2 rings (SSSR count). The predicted octanol–water partition coefficient (Wildman–Crippen LogP) is 2.48. The third-order valence-electron chi connectivity index (χ3n) is 4.23. The van der Waals surface area contributed by atoms with Crippen molar-refractivity contribution in [3.8, 4) is 0 Å². The number of benzene rings is 1. The van der Waals surface area contributed by atoms with Crippen LogP contribution in [0.2, 0.25) is 0 Å². The Morgan fingerprint density at radius 3 is 2.73 bits per heavy atom. The number of hydrogen-bond donors (Lipinski definition) is 2. The minimum atomic E-state index is -0.374. The first-order valence-electron chi connectivity index (χ1n) is 8.60. The van der Waals surface area contributed by atoms with Gasteiger partial charge < -0.3 is 15.6 Å². The van der Waals surface area contributed by atoms with E-state index in [0.717, 1.165) is 17.7 Å². The summed E-state index contributed by atoms with van der Waals surface area (Å²) in [5.41, 5.74) is 7.15. The number of para-hydroxylation sites is 1. The molecule has 0 unspecified atom stereocenters. The molecule has 0 aliphatic rings. The lowest BCUT2D eigenvalue weighted by Gasteiger charge is -2.15. The van der Waals surface area contributed by atoms with Crippen molar-refractivity contribution < 1.29 is 9.59 Å². The first-order valence-corrected chi connectivity index (χ1v) is 9.59. The van der Waals surface area contributed by atoms with E-state index >= 15 is 0 Å². The molecule has 26 heavy (non-hydrogen) atoms. The SMILES string of the molecule is CC[C@@H](C)c1ccccc1NC(=O)CSc1nnc(CCC(N)=O)n1C. The Morgan fingerprint density at radius 2 is 2.04 bits per heavy atom. The topological polar surface area (TPSA) is 103 Å². The molecule has 0 fully saturated rings. The molecule has 7 nitrogen and oxygen atoms in total. The molecule has 0 spiro atoms. The zero-order chi connectivity index (χ0) is 19.1. The lowest BCUT2D eigenvalue weighted by molar-refractivity contribution is -0.118. The van der Waals surface area contributed by atoms with Crippen molar-refractivity contribution in [3.05, 3.63) is 35.7 Å². The highest BCUT2D eigenvalue weighted by molar-refractivity contribution is 7.99. The number of aryl methyl sites for hydroxylation is 1. The fourth-order valence-electron chi connectivity index (χ4n) is 2.50. The normalized spacial score (nSPS) is 12.0. The Morgan fingerprint density at radius 1 is 1.31 bits per heavy atom. The van der Waals surface area contributed by atoms with Gasteiger partial charge in [0.1, 0.15) is 5.82 Å². The lowest BCUT2D eigenvalue weighted by Crippen LogP contribution is -2.16. The Balaban J connectivity index is 1.95. The molecule has 1 aromatic carbocycles. The third-order valence-corrected chi connectivity index (χ3v) is 5.25. The third kappa shape index (κ3) is 5.32. The summed E-state index contributed by atoms with van der Waals surface area (Å²) < 4.78 is 1.79. The summed E-state index contributed by atoms with van der Waals surface area (Å²) in [6, 6.07) is 7.88. The highest BCUT2D eigenvalue weighted by atomic mass is 32.2. The van der Waals surface area contributed by atoms with E-state index < -0.39 is 0 Å². The first kappa shape index (κ1) is 20.0. The van der Waals surface area contributed by atoms with Gasteiger partial charge in [0.15, 0.2) is 5.16 Å². The zero-order valence-corrected chi connectivity index (χ0v) is 16.2. The number of nitrogens with two attached hydrogens (primary N) is 1. The average Bonchev–Trinajstić information content (AvgIpc) is 2.98. The molecule has 2 amide bonds. The number of thioether (sulfide) groups is 1. The molecule has 2 aromatic rings. The van der Waals surface area contributed by atoms with Gasteiger partial charge in [-0.1, -0.05) is 43.8 Å². The molecule has 0 saturated carbocycles. The van der Waals surface area contributed by atoms with Gasteiger partial charge in [0.05, 0.1) is 5.75 Å². The van der Waals surface area contributed by atoms with Gasteiger partial charge in [-0.15, -0.1) is 10.2 Å². The molecule has 1 heterocycles. The molecule has 0 bridgehead atoms. The minimum Gasteiger partial charge on any atom is -0.370 e. The van der Waals surface area contributed by atoms with E-state index in [4.69, 9.17) is 5.73 Å². The van der Waals surface area contributed by atoms with Crippen molar-refractivity contribution in [3.63, 3.8) is 0 Å². The van der Waals surface area contributed by atoms with Crippen LogP contribution in [0.1, 0.15) is 44.0 Å². The maximum atomic E-state index is 12.3. The smallest absolute Gasteiger partial charge is 0.234 e. The van der Waals surface area contributed by atoms with Gasteiger partial charge in [0, 0.05) is 25.6 Å². The maximum absolute atomic E-state index is 12.3. The summed E-state index contributed by atoms with van der Waals surface area (Å²) in [6.45, 7) is 4.27. The van der Waals surface area contributed by atoms with Crippen LogP contribution in [0.25, 0.3) is 0 Å². The van der Waals surface area contributed by atoms with Gasteiger partial charge in [0.2, 0.25) is 11.8 Å². The van der Waals surface area contributed by atoms with Crippen LogP contribution in [-0.4, -0.2) is 32.3 Å². The van der Waals surface area contributed by atoms with Crippen LogP contribution in [0.5, 0.6) is 0 Å². The van der Waals surface area contributed by atoms with Gasteiger partial charge >= 0.3 is 0 Å². The molecular weight excluding hydrogens is 350 g/mol. The predicted molar refractivity (Wildman–Crippen MR) is 103 cm³/mol. The highest BCUT2D eigenvalue weighted by Gasteiger charge is 2.14. The van der Waals surface area contributed by atoms with Crippen LogP contribution in [0.15, 0.2) is 29.4 Å². The van der Waals surface area contributed by atoms with Crippen LogP contribution in [0.3, 0.4) is 0 Å². The molecule has 0 aliphatic heterocycles. The zero-order valence-electron chi connectivity index (χ0n) is 15.4. The monoisotopic (exact) mass is 375 g/mol. The molecule has 0 radical (unpaired) electrons. The maximum Gasteiger partial charge on any atom is 0.234 e. The Bertz CT molecular complexity index is 775. The molecule has 3 N–H and O–H groups in total. The number of amides is 2. The first-order chi connectivity index (χ1) is 12.4. The quantitative estimate of drug-likeness (QED) is 0.656. The van der Waals surface area contributed by atoms with Gasteiger partial charge in [0.25, 0.3) is 0 Å². The van der Waals surface area contributed by atoms with E-state index in [9.17, 15) is 9.59 Å². The number of anilines is 1. The van der Waals surface area contributed by atoms with E-state index in [1.807, 2.05) is 31.3 Å². The molecule has 0 aliphatic carbocycles. The summed E-state index contributed by atoms with van der Waals surface area (Å²) in [7, 11) is 1.81. The average molecular weight is 375 g/mol. The van der Waals surface area contributed by atoms with E-state index in [1.165, 1.54) is 11.8 Å². The molecule has 1 aromatic heterocycles. The number of nitrogens with zero attached hydrogens (tertiary/aromatic N) is 3. The fraction of sp³-hybridized carbons (Fsp3) is 0.444.